The van der Waals surface area contributed by atoms with Crippen molar-refractivity contribution in [3.05, 3.63) is 0 Å². The van der Waals surface area contributed by atoms with Gasteiger partial charge < -0.3 is 22.8 Å². The van der Waals surface area contributed by atoms with Gasteiger partial charge in [0.1, 0.15) is 0 Å². The average Bonchev–Trinajstić information content (AvgIpc) is 2.67. The molecule has 0 aromatic carbocycles. The molecular weight excluding hydrogens is 216 g/mol. The van der Waals surface area contributed by atoms with Crippen LogP contribution in [-0.2, 0) is 22.8 Å². The molecule has 1 aliphatic rings. The Kier molecular flexibility index (Phi) is 5.17. The van der Waals surface area contributed by atoms with Crippen molar-refractivity contribution in [2.24, 2.45) is 0 Å². The van der Waals surface area contributed by atoms with Gasteiger partial charge in [0.05, 0.1) is 12.7 Å². The highest BCUT2D eigenvalue weighted by atomic mass is 28.4. The molecule has 0 radical (unpaired) electrons. The second kappa shape index (κ2) is 5.93. The topological polar surface area (TPSA) is 46.2 Å². The molecule has 5 nitrogen and oxygen atoms in total. The van der Waals surface area contributed by atoms with Crippen LogP contribution in [0.5, 0.6) is 0 Å². The number of ether oxygens (including phenoxy) is 2. The van der Waals surface area contributed by atoms with Crippen LogP contribution >= 0.6 is 0 Å². The third-order valence-electron chi connectivity index (χ3n) is 2.52. The van der Waals surface area contributed by atoms with E-state index in [-0.39, 0.29) is 12.4 Å². The summed E-state index contributed by atoms with van der Waals surface area (Å²) in [4.78, 5) is 0. The van der Waals surface area contributed by atoms with Gasteiger partial charge in [-0.2, -0.15) is 0 Å². The molecule has 0 bridgehead atoms. The summed E-state index contributed by atoms with van der Waals surface area (Å²) in [6.45, 7) is 2.65. The quantitative estimate of drug-likeness (QED) is 0.644. The molecule has 2 atom stereocenters. The highest BCUT2D eigenvalue weighted by Gasteiger charge is 2.39. The second-order valence-electron chi connectivity index (χ2n) is 3.54. The predicted molar refractivity (Wildman–Crippen MR) is 56.5 cm³/mol. The first-order chi connectivity index (χ1) is 7.15. The zero-order chi connectivity index (χ0) is 11.3. The molecule has 0 N–H and O–H groups in total. The summed E-state index contributed by atoms with van der Waals surface area (Å²) in [5.74, 6) is 0. The monoisotopic (exact) mass is 236 g/mol. The van der Waals surface area contributed by atoms with E-state index in [4.69, 9.17) is 22.8 Å². The van der Waals surface area contributed by atoms with E-state index in [9.17, 15) is 0 Å². The van der Waals surface area contributed by atoms with Crippen LogP contribution in [0.4, 0.5) is 0 Å². The fourth-order valence-electron chi connectivity index (χ4n) is 1.58. The molecule has 90 valence electrons. The molecule has 1 heterocycles. The van der Waals surface area contributed by atoms with Crippen molar-refractivity contribution in [1.82, 2.24) is 0 Å². The maximum atomic E-state index is 5.52. The summed E-state index contributed by atoms with van der Waals surface area (Å²) in [5, 5.41) is 0. The molecule has 0 aromatic rings. The number of rotatable bonds is 6. The Morgan fingerprint density at radius 2 is 1.80 bits per heavy atom. The standard InChI is InChI=1S/C9H20O5Si/c1-8-7-13-9(14-8)5-6-15(10-2,11-3)12-4/h8-9H,5-7H2,1-4H3. The summed E-state index contributed by atoms with van der Waals surface area (Å²) >= 11 is 0. The van der Waals surface area contributed by atoms with Crippen molar-refractivity contribution in [2.75, 3.05) is 27.9 Å². The molecule has 0 saturated carbocycles. The van der Waals surface area contributed by atoms with Crippen LogP contribution in [-0.4, -0.2) is 49.1 Å². The SMILES string of the molecule is CO[Si](CCC1OCC(C)O1)(OC)OC. The van der Waals surface area contributed by atoms with Gasteiger partial charge in [-0.25, -0.2) is 0 Å². The Morgan fingerprint density at radius 1 is 1.20 bits per heavy atom. The molecule has 6 heteroatoms. The summed E-state index contributed by atoms with van der Waals surface area (Å²) in [6.07, 6.45) is 0.776. The van der Waals surface area contributed by atoms with E-state index >= 15 is 0 Å². The van der Waals surface area contributed by atoms with E-state index in [1.165, 1.54) is 0 Å². The van der Waals surface area contributed by atoms with Crippen molar-refractivity contribution < 1.29 is 22.8 Å². The number of hydrogen-bond acceptors (Lipinski definition) is 5. The van der Waals surface area contributed by atoms with Crippen LogP contribution in [0.1, 0.15) is 13.3 Å². The van der Waals surface area contributed by atoms with Gasteiger partial charge in [-0.3, -0.25) is 0 Å². The zero-order valence-corrected chi connectivity index (χ0v) is 10.8. The lowest BCUT2D eigenvalue weighted by atomic mass is 10.4. The zero-order valence-electron chi connectivity index (χ0n) is 9.82. The van der Waals surface area contributed by atoms with Gasteiger partial charge in [0.2, 0.25) is 0 Å². The number of hydrogen-bond donors (Lipinski definition) is 0. The van der Waals surface area contributed by atoms with Gasteiger partial charge in [0.15, 0.2) is 6.29 Å². The summed E-state index contributed by atoms with van der Waals surface area (Å²) in [7, 11) is 2.36. The molecule has 1 aliphatic heterocycles. The fraction of sp³-hybridized carbons (Fsp3) is 1.00. The predicted octanol–water partition coefficient (Wildman–Crippen LogP) is 1.02. The molecule has 1 fully saturated rings. The van der Waals surface area contributed by atoms with E-state index < -0.39 is 8.80 Å². The average molecular weight is 236 g/mol. The summed E-state index contributed by atoms with van der Waals surface area (Å²) in [5.41, 5.74) is 0. The second-order valence-corrected chi connectivity index (χ2v) is 6.63. The minimum atomic E-state index is -2.47. The first-order valence-corrected chi connectivity index (χ1v) is 7.01. The third kappa shape index (κ3) is 3.51. The van der Waals surface area contributed by atoms with Crippen LogP contribution in [0.15, 0.2) is 0 Å². The molecular formula is C9H20O5Si. The van der Waals surface area contributed by atoms with Crippen LogP contribution in [0.25, 0.3) is 0 Å². The van der Waals surface area contributed by atoms with Gasteiger partial charge in [-0.15, -0.1) is 0 Å². The van der Waals surface area contributed by atoms with Crippen molar-refractivity contribution >= 4 is 8.80 Å². The lowest BCUT2D eigenvalue weighted by molar-refractivity contribution is -0.0585. The van der Waals surface area contributed by atoms with Gasteiger partial charge in [-0.1, -0.05) is 0 Å². The van der Waals surface area contributed by atoms with Gasteiger partial charge in [0.25, 0.3) is 0 Å². The Bertz CT molecular complexity index is 177. The molecule has 1 rings (SSSR count). The molecule has 0 spiro atoms. The van der Waals surface area contributed by atoms with E-state index in [1.54, 1.807) is 21.3 Å². The van der Waals surface area contributed by atoms with E-state index in [0.29, 0.717) is 12.7 Å². The molecule has 0 amide bonds. The third-order valence-corrected chi connectivity index (χ3v) is 5.29. The Hall–Kier alpha value is 0.0169. The highest BCUT2D eigenvalue weighted by Crippen LogP contribution is 2.21. The van der Waals surface area contributed by atoms with E-state index in [1.807, 2.05) is 6.92 Å². The van der Waals surface area contributed by atoms with Crippen LogP contribution in [0.2, 0.25) is 6.04 Å². The van der Waals surface area contributed by atoms with Crippen molar-refractivity contribution in [3.8, 4) is 0 Å². The maximum absolute atomic E-state index is 5.52. The minimum absolute atomic E-state index is 0.146. The molecule has 2 unspecified atom stereocenters. The molecule has 15 heavy (non-hydrogen) atoms. The van der Waals surface area contributed by atoms with Crippen molar-refractivity contribution in [2.45, 2.75) is 31.8 Å². The summed E-state index contributed by atoms with van der Waals surface area (Å²) < 4.78 is 26.9. The van der Waals surface area contributed by atoms with Crippen molar-refractivity contribution in [3.63, 3.8) is 0 Å². The minimum Gasteiger partial charge on any atom is -0.377 e. The molecule has 0 aromatic heterocycles. The Morgan fingerprint density at radius 3 is 2.20 bits per heavy atom. The van der Waals surface area contributed by atoms with Gasteiger partial charge in [-0.05, 0) is 6.92 Å². The normalized spacial score (nSPS) is 27.2. The highest BCUT2D eigenvalue weighted by molar-refractivity contribution is 6.60. The lowest BCUT2D eigenvalue weighted by Gasteiger charge is -2.25. The first-order valence-electron chi connectivity index (χ1n) is 5.08. The molecule has 1 saturated heterocycles. The van der Waals surface area contributed by atoms with E-state index in [2.05, 4.69) is 0 Å². The Labute approximate surface area is 92.0 Å². The van der Waals surface area contributed by atoms with Crippen molar-refractivity contribution in [1.29, 1.82) is 0 Å². The van der Waals surface area contributed by atoms with Crippen LogP contribution < -0.4 is 0 Å². The summed E-state index contributed by atoms with van der Waals surface area (Å²) in [6, 6.07) is 0.702. The van der Waals surface area contributed by atoms with Crippen LogP contribution in [0.3, 0.4) is 0 Å². The van der Waals surface area contributed by atoms with Gasteiger partial charge in [0, 0.05) is 33.8 Å². The maximum Gasteiger partial charge on any atom is 0.500 e. The lowest BCUT2D eigenvalue weighted by Crippen LogP contribution is -2.43. The fourth-order valence-corrected chi connectivity index (χ4v) is 3.28. The molecule has 0 aliphatic carbocycles. The van der Waals surface area contributed by atoms with Gasteiger partial charge >= 0.3 is 8.80 Å². The van der Waals surface area contributed by atoms with E-state index in [0.717, 1.165) is 6.42 Å². The van der Waals surface area contributed by atoms with Crippen LogP contribution in [0, 0.1) is 0 Å². The largest absolute Gasteiger partial charge is 0.500 e. The smallest absolute Gasteiger partial charge is 0.377 e. The first kappa shape index (κ1) is 13.1. The Balaban J connectivity index is 2.33.